The van der Waals surface area contributed by atoms with E-state index in [0.29, 0.717) is 37.7 Å². The second-order valence-corrected chi connectivity index (χ2v) is 13.9. The molecule has 7 aromatic rings. The van der Waals surface area contributed by atoms with Gasteiger partial charge in [0, 0.05) is 24.2 Å². The van der Waals surface area contributed by atoms with Gasteiger partial charge in [0.15, 0.2) is 5.69 Å². The molecular weight excluding hydrogens is 691 g/mol. The number of anilines is 3. The Hall–Kier alpha value is -6.96. The lowest BCUT2D eigenvalue weighted by Gasteiger charge is -2.31. The molecule has 0 bridgehead atoms. The second-order valence-electron chi connectivity index (χ2n) is 13.9. The van der Waals surface area contributed by atoms with Crippen molar-refractivity contribution in [1.29, 1.82) is 5.26 Å². The van der Waals surface area contributed by atoms with Gasteiger partial charge in [-0.05, 0) is 122 Å². The van der Waals surface area contributed by atoms with Gasteiger partial charge >= 0.3 is 0 Å². The minimum atomic E-state index is -0.787. The molecule has 0 N–H and O–H groups in total. The topological polar surface area (TPSA) is 59.1 Å². The van der Waals surface area contributed by atoms with Crippen LogP contribution in [0.3, 0.4) is 0 Å². The largest absolute Gasteiger partial charge is 0.491 e. The van der Waals surface area contributed by atoms with E-state index in [1.165, 1.54) is 0 Å². The van der Waals surface area contributed by atoms with E-state index in [2.05, 4.69) is 131 Å². The molecule has 270 valence electrons. The summed E-state index contributed by atoms with van der Waals surface area (Å²) in [5.41, 5.74) is 14.3. The number of para-hydroxylation sites is 2. The van der Waals surface area contributed by atoms with Crippen molar-refractivity contribution in [3.63, 3.8) is 0 Å². The molecule has 2 aliphatic carbocycles. The fraction of sp³-hybridized carbons (Fsp3) is 0.120. The highest BCUT2D eigenvalue weighted by molar-refractivity contribution is 5.97. The first-order chi connectivity index (χ1) is 27.6. The first-order valence-electron chi connectivity index (χ1n) is 18.7. The zero-order chi connectivity index (χ0) is 38.1. The number of hydrogen-bond donors (Lipinski definition) is 0. The molecule has 2 aliphatic rings. The van der Waals surface area contributed by atoms with E-state index in [4.69, 9.17) is 20.8 Å². The van der Waals surface area contributed by atoms with Gasteiger partial charge in [-0.3, -0.25) is 0 Å². The van der Waals surface area contributed by atoms with Crippen LogP contribution in [0.5, 0.6) is 5.75 Å². The van der Waals surface area contributed by atoms with Crippen LogP contribution in [-0.4, -0.2) is 33.5 Å². The molecule has 9 rings (SSSR count). The Bertz CT molecular complexity index is 2560. The molecule has 0 aliphatic heterocycles. The lowest BCUT2D eigenvalue weighted by molar-refractivity contribution is 0.0544. The van der Waals surface area contributed by atoms with Crippen LogP contribution < -0.4 is 9.64 Å². The molecule has 0 fully saturated rings. The zero-order valence-corrected chi connectivity index (χ0v) is 30.9. The molecule has 1 unspecified atom stereocenters. The van der Waals surface area contributed by atoms with Gasteiger partial charge < -0.3 is 19.1 Å². The monoisotopic (exact) mass is 727 g/mol. The summed E-state index contributed by atoms with van der Waals surface area (Å²) in [5, 5.41) is 10.2. The molecule has 0 amide bonds. The van der Waals surface area contributed by atoms with Gasteiger partial charge in [-0.2, -0.15) is 5.26 Å². The Morgan fingerprint density at radius 1 is 0.571 bits per heavy atom. The number of ether oxygens (including phenoxy) is 3. The van der Waals surface area contributed by atoms with Crippen molar-refractivity contribution in [2.45, 2.75) is 5.41 Å². The lowest BCUT2D eigenvalue weighted by Crippen LogP contribution is -2.26. The van der Waals surface area contributed by atoms with Gasteiger partial charge in [-0.15, -0.1) is 0 Å². The number of fused-ring (bicyclic) bond motifs is 10. The predicted octanol–water partition coefficient (Wildman–Crippen LogP) is 11.6. The van der Waals surface area contributed by atoms with Crippen LogP contribution >= 0.6 is 0 Å². The molecule has 0 heterocycles. The van der Waals surface area contributed by atoms with Crippen LogP contribution in [0.1, 0.15) is 27.8 Å². The van der Waals surface area contributed by atoms with E-state index in [1.54, 1.807) is 7.11 Å². The van der Waals surface area contributed by atoms with Crippen LogP contribution in [0.4, 0.5) is 22.7 Å². The maximum absolute atomic E-state index is 10.2. The van der Waals surface area contributed by atoms with Gasteiger partial charge in [-0.1, -0.05) is 91.0 Å². The molecular formula is C50H37N3O3. The van der Waals surface area contributed by atoms with E-state index in [-0.39, 0.29) is 0 Å². The Morgan fingerprint density at radius 3 is 1.79 bits per heavy atom. The highest BCUT2D eigenvalue weighted by Gasteiger charge is 2.52. The summed E-state index contributed by atoms with van der Waals surface area (Å²) >= 11 is 0. The SMILES string of the molecule is [C-]#[N+]c1ccc2c(c1)C1(c3cc(C#N)ccc3-2)c2cc(OCCOCCOC)ccc2-c2ccc(-c3ccc(N(c4ccccc4)c4ccccc4)cc3)cc21. The highest BCUT2D eigenvalue weighted by Crippen LogP contribution is 2.64. The van der Waals surface area contributed by atoms with E-state index < -0.39 is 5.41 Å². The van der Waals surface area contributed by atoms with Gasteiger partial charge in [0.2, 0.25) is 0 Å². The van der Waals surface area contributed by atoms with Crippen LogP contribution in [0.2, 0.25) is 0 Å². The molecule has 0 saturated heterocycles. The normalized spacial score (nSPS) is 14.3. The first kappa shape index (κ1) is 34.8. The van der Waals surface area contributed by atoms with Gasteiger partial charge in [0.05, 0.1) is 43.4 Å². The number of hydrogen-bond acceptors (Lipinski definition) is 5. The third-order valence-corrected chi connectivity index (χ3v) is 10.9. The third-order valence-electron chi connectivity index (χ3n) is 10.9. The average Bonchev–Trinajstić information content (AvgIpc) is 3.71. The summed E-state index contributed by atoms with van der Waals surface area (Å²) in [7, 11) is 1.66. The molecule has 0 aromatic heterocycles. The average molecular weight is 728 g/mol. The van der Waals surface area contributed by atoms with Crippen LogP contribution in [0.15, 0.2) is 158 Å². The fourth-order valence-corrected chi connectivity index (χ4v) is 8.47. The minimum absolute atomic E-state index is 0.391. The van der Waals surface area contributed by atoms with Crippen molar-refractivity contribution in [2.75, 3.05) is 38.4 Å². The van der Waals surface area contributed by atoms with Crippen molar-refractivity contribution < 1.29 is 14.2 Å². The lowest BCUT2D eigenvalue weighted by atomic mass is 9.70. The number of benzene rings is 7. The summed E-state index contributed by atoms with van der Waals surface area (Å²) in [6, 6.07) is 56.9. The van der Waals surface area contributed by atoms with Gasteiger partial charge in [0.25, 0.3) is 0 Å². The summed E-state index contributed by atoms with van der Waals surface area (Å²) in [6.45, 7) is 9.86. The number of rotatable bonds is 11. The van der Waals surface area contributed by atoms with Crippen LogP contribution in [-0.2, 0) is 14.9 Å². The quantitative estimate of drug-likeness (QED) is 0.0981. The van der Waals surface area contributed by atoms with E-state index in [0.717, 1.165) is 78.4 Å². The van der Waals surface area contributed by atoms with Crippen molar-refractivity contribution >= 4 is 22.7 Å². The zero-order valence-electron chi connectivity index (χ0n) is 30.9. The smallest absolute Gasteiger partial charge is 0.187 e. The summed E-state index contributed by atoms with van der Waals surface area (Å²) in [4.78, 5) is 6.14. The first-order valence-corrected chi connectivity index (χ1v) is 18.7. The van der Waals surface area contributed by atoms with Gasteiger partial charge in [-0.25, -0.2) is 4.85 Å². The van der Waals surface area contributed by atoms with Crippen molar-refractivity contribution in [2.24, 2.45) is 0 Å². The molecule has 56 heavy (non-hydrogen) atoms. The Kier molecular flexibility index (Phi) is 9.13. The highest BCUT2D eigenvalue weighted by atomic mass is 16.5. The standard InChI is InChI=1S/C50H37N3O3/c1-52-37-17-23-44-42-21-13-34(33-51)29-46(42)50(48(44)31-37)47-30-36(16-22-43(47)45-24-20-41(32-49(45)50)56-28-27-55-26-25-54-2)35-14-18-40(19-15-35)53(38-9-5-3-6-10-38)39-11-7-4-8-12-39/h3-24,29-32H,25-28H2,2H3. The summed E-state index contributed by atoms with van der Waals surface area (Å²) in [5.74, 6) is 0.733. The second kappa shape index (κ2) is 14.7. The van der Waals surface area contributed by atoms with E-state index >= 15 is 0 Å². The van der Waals surface area contributed by atoms with Crippen molar-refractivity contribution in [1.82, 2.24) is 0 Å². The third kappa shape index (κ3) is 5.81. The molecule has 1 atom stereocenters. The maximum Gasteiger partial charge on any atom is 0.187 e. The predicted molar refractivity (Wildman–Crippen MR) is 222 cm³/mol. The molecule has 6 nitrogen and oxygen atoms in total. The number of nitriles is 1. The number of methoxy groups -OCH3 is 1. The van der Waals surface area contributed by atoms with Crippen molar-refractivity contribution in [3.05, 3.63) is 197 Å². The van der Waals surface area contributed by atoms with Gasteiger partial charge in [0.1, 0.15) is 12.4 Å². The Balaban J connectivity index is 1.19. The Labute approximate surface area is 327 Å². The van der Waals surface area contributed by atoms with Crippen molar-refractivity contribution in [3.8, 4) is 45.2 Å². The van der Waals surface area contributed by atoms with E-state index in [9.17, 15) is 5.26 Å². The molecule has 0 saturated carbocycles. The summed E-state index contributed by atoms with van der Waals surface area (Å²) in [6.07, 6.45) is 0. The fourth-order valence-electron chi connectivity index (χ4n) is 8.47. The molecule has 0 radical (unpaired) electrons. The maximum atomic E-state index is 10.2. The Morgan fingerprint density at radius 2 is 1.12 bits per heavy atom. The molecule has 7 aromatic carbocycles. The van der Waals surface area contributed by atoms with Crippen LogP contribution in [0.25, 0.3) is 38.2 Å². The molecule has 1 spiro atoms. The minimum Gasteiger partial charge on any atom is -0.491 e. The van der Waals surface area contributed by atoms with E-state index in [1.807, 2.05) is 42.5 Å². The number of nitrogens with zero attached hydrogens (tertiary/aromatic N) is 3. The molecule has 6 heteroatoms. The summed E-state index contributed by atoms with van der Waals surface area (Å²) < 4.78 is 17.1. The van der Waals surface area contributed by atoms with Crippen LogP contribution in [0, 0.1) is 17.9 Å².